The third kappa shape index (κ3) is 4.98. The minimum atomic E-state index is -0.429. The van der Waals surface area contributed by atoms with Gasteiger partial charge in [0.2, 0.25) is 0 Å². The van der Waals surface area contributed by atoms with Gasteiger partial charge in [0, 0.05) is 24.1 Å². The monoisotopic (exact) mass is 358 g/mol. The Morgan fingerprint density at radius 2 is 1.77 bits per heavy atom. The maximum absolute atomic E-state index is 12.9. The van der Waals surface area contributed by atoms with Crippen molar-refractivity contribution in [1.29, 1.82) is 0 Å². The lowest BCUT2D eigenvalue weighted by molar-refractivity contribution is -0.123. The number of nitrogens with zero attached hydrogens (tertiary/aromatic N) is 2. The van der Waals surface area contributed by atoms with Gasteiger partial charge in [0.25, 0.3) is 11.8 Å². The number of halogens is 1. The summed E-state index contributed by atoms with van der Waals surface area (Å²) in [6, 6.07) is 5.65. The van der Waals surface area contributed by atoms with E-state index in [2.05, 4.69) is 20.6 Å². The van der Waals surface area contributed by atoms with Gasteiger partial charge in [-0.1, -0.05) is 12.8 Å². The summed E-state index contributed by atoms with van der Waals surface area (Å²) in [6.07, 6.45) is 6.87. The van der Waals surface area contributed by atoms with Crippen molar-refractivity contribution in [1.82, 2.24) is 15.3 Å². The van der Waals surface area contributed by atoms with Crippen molar-refractivity contribution in [2.24, 2.45) is 0 Å². The Kier molecular flexibility index (Phi) is 5.73. The number of hydrogen-bond acceptors (Lipinski definition) is 5. The van der Waals surface area contributed by atoms with Crippen LogP contribution in [-0.2, 0) is 4.79 Å². The van der Waals surface area contributed by atoms with E-state index < -0.39 is 5.91 Å². The smallest absolute Gasteiger partial charge is 0.316 e. The molecule has 3 rings (SSSR count). The first-order valence-electron chi connectivity index (χ1n) is 8.41. The minimum Gasteiger partial charge on any atom is -0.453 e. The fourth-order valence-electron chi connectivity index (χ4n) is 2.71. The third-order valence-corrected chi connectivity index (χ3v) is 4.05. The standard InChI is InChI=1S/C18H19FN4O3/c19-13-5-7-15(8-6-13)23-17(25)12-9-20-18(21-10-12)26-11-16(24)22-14-3-1-2-4-14/h5-10,14H,1-4,11H2,(H,22,24)(H,23,25). The molecular formula is C18H19FN4O3. The minimum absolute atomic E-state index is 0.0184. The number of benzene rings is 1. The highest BCUT2D eigenvalue weighted by Gasteiger charge is 2.17. The lowest BCUT2D eigenvalue weighted by atomic mass is 10.2. The molecule has 1 aromatic heterocycles. The molecule has 26 heavy (non-hydrogen) atoms. The van der Waals surface area contributed by atoms with Gasteiger partial charge in [-0.25, -0.2) is 14.4 Å². The number of amides is 2. The predicted molar refractivity (Wildman–Crippen MR) is 92.3 cm³/mol. The lowest BCUT2D eigenvalue weighted by Gasteiger charge is -2.11. The van der Waals surface area contributed by atoms with E-state index in [0.29, 0.717) is 5.69 Å². The second kappa shape index (κ2) is 8.37. The van der Waals surface area contributed by atoms with Crippen LogP contribution in [0.4, 0.5) is 10.1 Å². The summed E-state index contributed by atoms with van der Waals surface area (Å²) in [5.74, 6) is -1.02. The van der Waals surface area contributed by atoms with Crippen LogP contribution in [0.15, 0.2) is 36.7 Å². The highest BCUT2D eigenvalue weighted by atomic mass is 19.1. The molecule has 0 radical (unpaired) electrons. The largest absolute Gasteiger partial charge is 0.453 e. The summed E-state index contributed by atoms with van der Waals surface area (Å²) in [4.78, 5) is 31.7. The van der Waals surface area contributed by atoms with Crippen LogP contribution in [-0.4, -0.2) is 34.4 Å². The number of aromatic nitrogens is 2. The lowest BCUT2D eigenvalue weighted by Crippen LogP contribution is -2.36. The fraction of sp³-hybridized carbons (Fsp3) is 0.333. The Morgan fingerprint density at radius 3 is 2.42 bits per heavy atom. The zero-order chi connectivity index (χ0) is 18.4. The molecule has 2 N–H and O–H groups in total. The molecule has 0 atom stereocenters. The molecule has 0 aliphatic heterocycles. The summed E-state index contributed by atoms with van der Waals surface area (Å²) in [5, 5.41) is 5.50. The molecule has 136 valence electrons. The zero-order valence-electron chi connectivity index (χ0n) is 14.1. The molecule has 7 nitrogen and oxygen atoms in total. The zero-order valence-corrected chi connectivity index (χ0v) is 14.1. The highest BCUT2D eigenvalue weighted by molar-refractivity contribution is 6.03. The van der Waals surface area contributed by atoms with Gasteiger partial charge in [-0.2, -0.15) is 0 Å². The van der Waals surface area contributed by atoms with Crippen molar-refractivity contribution in [3.63, 3.8) is 0 Å². The molecule has 0 spiro atoms. The number of ether oxygens (including phenoxy) is 1. The van der Waals surface area contributed by atoms with E-state index >= 15 is 0 Å². The first-order chi connectivity index (χ1) is 12.6. The Labute approximate surface area is 150 Å². The van der Waals surface area contributed by atoms with Crippen LogP contribution >= 0.6 is 0 Å². The van der Waals surface area contributed by atoms with E-state index in [0.717, 1.165) is 25.7 Å². The molecule has 1 aliphatic carbocycles. The van der Waals surface area contributed by atoms with Crippen molar-refractivity contribution in [2.75, 3.05) is 11.9 Å². The summed E-state index contributed by atoms with van der Waals surface area (Å²) >= 11 is 0. The molecule has 1 aromatic carbocycles. The number of nitrogens with one attached hydrogen (secondary N) is 2. The van der Waals surface area contributed by atoms with Gasteiger partial charge in [0.1, 0.15) is 5.82 Å². The highest BCUT2D eigenvalue weighted by Crippen LogP contribution is 2.17. The number of carbonyl (C=O) groups excluding carboxylic acids is 2. The predicted octanol–water partition coefficient (Wildman–Crippen LogP) is 2.31. The van der Waals surface area contributed by atoms with Crippen LogP contribution in [0.1, 0.15) is 36.0 Å². The fourth-order valence-corrected chi connectivity index (χ4v) is 2.71. The quantitative estimate of drug-likeness (QED) is 0.826. The number of hydrogen-bond donors (Lipinski definition) is 2. The number of carbonyl (C=O) groups is 2. The van der Waals surface area contributed by atoms with Crippen LogP contribution in [0.3, 0.4) is 0 Å². The van der Waals surface area contributed by atoms with Crippen molar-refractivity contribution >= 4 is 17.5 Å². The molecule has 2 amide bonds. The molecule has 8 heteroatoms. The summed E-state index contributed by atoms with van der Waals surface area (Å²) < 4.78 is 18.1. The second-order valence-electron chi connectivity index (χ2n) is 6.05. The van der Waals surface area contributed by atoms with Crippen LogP contribution in [0.5, 0.6) is 6.01 Å². The van der Waals surface area contributed by atoms with Gasteiger partial charge in [0.15, 0.2) is 6.61 Å². The summed E-state index contributed by atoms with van der Waals surface area (Å²) in [7, 11) is 0. The van der Waals surface area contributed by atoms with E-state index in [1.54, 1.807) is 0 Å². The average Bonchev–Trinajstić information content (AvgIpc) is 3.15. The van der Waals surface area contributed by atoms with Gasteiger partial charge >= 0.3 is 6.01 Å². The SMILES string of the molecule is O=C(COc1ncc(C(=O)Nc2ccc(F)cc2)cn1)NC1CCCC1. The Morgan fingerprint density at radius 1 is 1.12 bits per heavy atom. The molecule has 1 aliphatic rings. The van der Waals surface area contributed by atoms with Crippen molar-refractivity contribution in [3.8, 4) is 6.01 Å². The Balaban J connectivity index is 1.48. The molecule has 1 heterocycles. The first-order valence-corrected chi connectivity index (χ1v) is 8.41. The number of rotatable bonds is 6. The summed E-state index contributed by atoms with van der Waals surface area (Å²) in [5.41, 5.74) is 0.678. The number of anilines is 1. The van der Waals surface area contributed by atoms with Gasteiger partial charge < -0.3 is 15.4 Å². The van der Waals surface area contributed by atoms with Crippen LogP contribution in [0.25, 0.3) is 0 Å². The van der Waals surface area contributed by atoms with Crippen molar-refractivity contribution in [2.45, 2.75) is 31.7 Å². The van der Waals surface area contributed by atoms with Crippen molar-refractivity contribution in [3.05, 3.63) is 48.0 Å². The second-order valence-corrected chi connectivity index (χ2v) is 6.05. The van der Waals surface area contributed by atoms with Gasteiger partial charge in [-0.15, -0.1) is 0 Å². The third-order valence-electron chi connectivity index (χ3n) is 4.05. The van der Waals surface area contributed by atoms with Gasteiger partial charge in [-0.3, -0.25) is 9.59 Å². The van der Waals surface area contributed by atoms with Crippen LogP contribution < -0.4 is 15.4 Å². The summed E-state index contributed by atoms with van der Waals surface area (Å²) in [6.45, 7) is -0.169. The molecule has 0 saturated heterocycles. The van der Waals surface area contributed by atoms with E-state index in [4.69, 9.17) is 4.74 Å². The van der Waals surface area contributed by atoms with Crippen LogP contribution in [0, 0.1) is 5.82 Å². The van der Waals surface area contributed by atoms with Crippen molar-refractivity contribution < 1.29 is 18.7 Å². The first kappa shape index (κ1) is 17.8. The molecule has 0 unspecified atom stereocenters. The Hall–Kier alpha value is -3.03. The average molecular weight is 358 g/mol. The molecular weight excluding hydrogens is 339 g/mol. The van der Waals surface area contributed by atoms with E-state index in [1.807, 2.05) is 0 Å². The molecule has 1 fully saturated rings. The normalized spacial score (nSPS) is 14.0. The van der Waals surface area contributed by atoms with E-state index in [-0.39, 0.29) is 35.9 Å². The molecule has 1 saturated carbocycles. The van der Waals surface area contributed by atoms with E-state index in [1.165, 1.54) is 36.7 Å². The van der Waals surface area contributed by atoms with Crippen LogP contribution in [0.2, 0.25) is 0 Å². The van der Waals surface area contributed by atoms with Gasteiger partial charge in [-0.05, 0) is 37.1 Å². The topological polar surface area (TPSA) is 93.2 Å². The van der Waals surface area contributed by atoms with Gasteiger partial charge in [0.05, 0.1) is 5.56 Å². The Bertz CT molecular complexity index is 759. The molecule has 0 bridgehead atoms. The maximum atomic E-state index is 12.9. The molecule has 2 aromatic rings. The maximum Gasteiger partial charge on any atom is 0.316 e. The van der Waals surface area contributed by atoms with E-state index in [9.17, 15) is 14.0 Å².